The summed E-state index contributed by atoms with van der Waals surface area (Å²) in [6, 6.07) is 4.08. The van der Waals surface area contributed by atoms with E-state index in [4.69, 9.17) is 4.74 Å². The highest BCUT2D eigenvalue weighted by Gasteiger charge is 2.01. The number of hydrogen-bond donors (Lipinski definition) is 0. The van der Waals surface area contributed by atoms with Gasteiger partial charge >= 0.3 is 5.97 Å². The largest absolute Gasteiger partial charge is 0.463 e. The molecule has 0 aromatic carbocycles. The summed E-state index contributed by atoms with van der Waals surface area (Å²) in [6.45, 7) is 3.32. The van der Waals surface area contributed by atoms with Crippen LogP contribution in [0.2, 0.25) is 0 Å². The lowest BCUT2D eigenvalue weighted by molar-refractivity contribution is -0.145. The molecule has 1 rings (SSSR count). The van der Waals surface area contributed by atoms with Crippen LogP contribution in [0.4, 0.5) is 0 Å². The molecule has 0 bridgehead atoms. The minimum absolute atomic E-state index is 0.0647. The van der Waals surface area contributed by atoms with Gasteiger partial charge in [-0.3, -0.25) is 9.78 Å². The van der Waals surface area contributed by atoms with E-state index in [1.165, 1.54) is 12.5 Å². The van der Waals surface area contributed by atoms with Crippen molar-refractivity contribution in [3.05, 3.63) is 66.5 Å². The van der Waals surface area contributed by atoms with Crippen molar-refractivity contribution >= 4 is 5.97 Å². The van der Waals surface area contributed by atoms with Crippen molar-refractivity contribution in [2.45, 2.75) is 45.6 Å². The molecule has 1 heterocycles. The van der Waals surface area contributed by atoms with Gasteiger partial charge in [-0.2, -0.15) is 0 Å². The Balaban J connectivity index is 2.08. The normalized spacial score (nSPS) is 13.2. The molecule has 0 aliphatic heterocycles. The summed E-state index contributed by atoms with van der Waals surface area (Å²) in [5, 5.41) is 0. The molecular weight excluding hydrogens is 274 g/mol. The van der Waals surface area contributed by atoms with E-state index in [-0.39, 0.29) is 12.1 Å². The summed E-state index contributed by atoms with van der Waals surface area (Å²) in [5.41, 5.74) is 1.29. The Morgan fingerprint density at radius 1 is 1.27 bits per heavy atom. The molecular formula is C19H25NO2. The Labute approximate surface area is 133 Å². The molecule has 1 aromatic rings. The molecule has 0 unspecified atom stereocenters. The molecule has 0 saturated heterocycles. The number of aryl methyl sites for hydroxylation is 1. The predicted octanol–water partition coefficient (Wildman–Crippen LogP) is 4.41. The van der Waals surface area contributed by atoms with Crippen molar-refractivity contribution in [2.75, 3.05) is 0 Å². The number of ether oxygens (including phenoxy) is 1. The maximum Gasteiger partial charge on any atom is 0.302 e. The molecule has 0 aliphatic rings. The molecule has 0 saturated carbocycles. The van der Waals surface area contributed by atoms with Crippen molar-refractivity contribution in [1.82, 2.24) is 4.98 Å². The molecule has 1 aromatic heterocycles. The molecule has 3 nitrogen and oxygen atoms in total. The predicted molar refractivity (Wildman–Crippen MR) is 90.4 cm³/mol. The first-order valence-electron chi connectivity index (χ1n) is 7.73. The van der Waals surface area contributed by atoms with Crippen molar-refractivity contribution in [1.29, 1.82) is 0 Å². The Morgan fingerprint density at radius 2 is 2.05 bits per heavy atom. The second-order valence-electron chi connectivity index (χ2n) is 5.15. The molecule has 0 radical (unpaired) electrons. The number of carbonyl (C=O) groups excluding carboxylic acids is 1. The SMILES string of the molecule is CC(=O)O[C@@H](C)CC=CC=CC=CCCCc1cccnc1. The fraction of sp³-hybridized carbons (Fsp3) is 0.368. The van der Waals surface area contributed by atoms with Crippen LogP contribution < -0.4 is 0 Å². The highest BCUT2D eigenvalue weighted by Crippen LogP contribution is 2.03. The number of esters is 1. The zero-order chi connectivity index (χ0) is 16.0. The lowest BCUT2D eigenvalue weighted by Gasteiger charge is -2.07. The number of aromatic nitrogens is 1. The number of hydrogen-bond acceptors (Lipinski definition) is 3. The number of allylic oxidation sites excluding steroid dienone is 5. The van der Waals surface area contributed by atoms with Crippen molar-refractivity contribution in [3.63, 3.8) is 0 Å². The van der Waals surface area contributed by atoms with Gasteiger partial charge in [-0.05, 0) is 37.8 Å². The van der Waals surface area contributed by atoms with E-state index in [0.717, 1.165) is 25.7 Å². The zero-order valence-corrected chi connectivity index (χ0v) is 13.4. The van der Waals surface area contributed by atoms with Gasteiger partial charge in [0.2, 0.25) is 0 Å². The van der Waals surface area contributed by atoms with E-state index in [0.29, 0.717) is 0 Å². The average molecular weight is 299 g/mol. The fourth-order valence-electron chi connectivity index (χ4n) is 1.95. The molecule has 3 heteroatoms. The van der Waals surface area contributed by atoms with Gasteiger partial charge < -0.3 is 4.74 Å². The van der Waals surface area contributed by atoms with Crippen molar-refractivity contribution in [2.24, 2.45) is 0 Å². The lowest BCUT2D eigenvalue weighted by atomic mass is 10.1. The maximum absolute atomic E-state index is 10.7. The first-order valence-corrected chi connectivity index (χ1v) is 7.73. The third-order valence-electron chi connectivity index (χ3n) is 3.00. The molecule has 0 fully saturated rings. The van der Waals surface area contributed by atoms with Gasteiger partial charge in [-0.1, -0.05) is 42.5 Å². The van der Waals surface area contributed by atoms with Crippen LogP contribution in [0.25, 0.3) is 0 Å². The van der Waals surface area contributed by atoms with Crippen molar-refractivity contribution in [3.8, 4) is 0 Å². The maximum atomic E-state index is 10.7. The van der Waals surface area contributed by atoms with Gasteiger partial charge in [0.25, 0.3) is 0 Å². The second-order valence-corrected chi connectivity index (χ2v) is 5.15. The highest BCUT2D eigenvalue weighted by atomic mass is 16.5. The van der Waals surface area contributed by atoms with Crippen LogP contribution in [0.1, 0.15) is 38.7 Å². The van der Waals surface area contributed by atoms with E-state index in [1.54, 1.807) is 6.20 Å². The summed E-state index contributed by atoms with van der Waals surface area (Å²) >= 11 is 0. The van der Waals surface area contributed by atoms with Gasteiger partial charge in [0.1, 0.15) is 6.10 Å². The molecule has 0 aliphatic carbocycles. The third-order valence-corrected chi connectivity index (χ3v) is 3.00. The van der Waals surface area contributed by atoms with Gasteiger partial charge in [0.05, 0.1) is 0 Å². The molecule has 1 atom stereocenters. The van der Waals surface area contributed by atoms with Crippen LogP contribution in [0.15, 0.2) is 61.0 Å². The average Bonchev–Trinajstić information content (AvgIpc) is 2.49. The van der Waals surface area contributed by atoms with Gasteiger partial charge in [0, 0.05) is 25.7 Å². The summed E-state index contributed by atoms with van der Waals surface area (Å²) < 4.78 is 5.03. The van der Waals surface area contributed by atoms with E-state index in [1.807, 2.05) is 43.5 Å². The van der Waals surface area contributed by atoms with Crippen LogP contribution in [-0.2, 0) is 16.0 Å². The second kappa shape index (κ2) is 11.5. The van der Waals surface area contributed by atoms with E-state index in [2.05, 4.69) is 23.2 Å². The minimum Gasteiger partial charge on any atom is -0.463 e. The summed E-state index contributed by atoms with van der Waals surface area (Å²) in [6.07, 6.45) is 19.8. The lowest BCUT2D eigenvalue weighted by Crippen LogP contribution is -2.10. The summed E-state index contributed by atoms with van der Waals surface area (Å²) in [5.74, 6) is -0.231. The smallest absolute Gasteiger partial charge is 0.302 e. The van der Waals surface area contributed by atoms with Gasteiger partial charge in [0.15, 0.2) is 0 Å². The Morgan fingerprint density at radius 3 is 2.73 bits per heavy atom. The number of unbranched alkanes of at least 4 members (excludes halogenated alkanes) is 1. The van der Waals surface area contributed by atoms with Crippen LogP contribution in [0.3, 0.4) is 0 Å². The number of rotatable bonds is 9. The first-order chi connectivity index (χ1) is 10.7. The van der Waals surface area contributed by atoms with Gasteiger partial charge in [-0.15, -0.1) is 0 Å². The van der Waals surface area contributed by atoms with E-state index >= 15 is 0 Å². The summed E-state index contributed by atoms with van der Waals surface area (Å²) in [7, 11) is 0. The quantitative estimate of drug-likeness (QED) is 0.385. The van der Waals surface area contributed by atoms with Crippen LogP contribution in [0.5, 0.6) is 0 Å². The molecule has 0 amide bonds. The van der Waals surface area contributed by atoms with Crippen LogP contribution in [0, 0.1) is 0 Å². The number of pyridine rings is 1. The topological polar surface area (TPSA) is 39.2 Å². The number of nitrogens with zero attached hydrogens (tertiary/aromatic N) is 1. The monoisotopic (exact) mass is 299 g/mol. The fourth-order valence-corrected chi connectivity index (χ4v) is 1.95. The number of carbonyl (C=O) groups is 1. The van der Waals surface area contributed by atoms with Crippen LogP contribution >= 0.6 is 0 Å². The Hall–Kier alpha value is -2.16. The van der Waals surface area contributed by atoms with Gasteiger partial charge in [-0.25, -0.2) is 0 Å². The zero-order valence-electron chi connectivity index (χ0n) is 13.4. The minimum atomic E-state index is -0.231. The van der Waals surface area contributed by atoms with E-state index in [9.17, 15) is 4.79 Å². The Kier molecular flexibility index (Phi) is 9.35. The van der Waals surface area contributed by atoms with Crippen LogP contribution in [-0.4, -0.2) is 17.1 Å². The highest BCUT2D eigenvalue weighted by molar-refractivity contribution is 5.66. The standard InChI is InChI=1S/C19H25NO2/c1-17(22-18(2)21)12-9-7-5-3-4-6-8-10-13-19-14-11-15-20-16-19/h3-7,9,11,14-17H,8,10,12-13H2,1-2H3/t17-/m0/s1. The van der Waals surface area contributed by atoms with E-state index < -0.39 is 0 Å². The third kappa shape index (κ3) is 9.70. The summed E-state index contributed by atoms with van der Waals surface area (Å²) in [4.78, 5) is 14.8. The first kappa shape index (κ1) is 17.9. The molecule has 118 valence electrons. The molecule has 0 N–H and O–H groups in total. The van der Waals surface area contributed by atoms with Crippen molar-refractivity contribution < 1.29 is 9.53 Å². The Bertz CT molecular complexity index is 503. The molecule has 22 heavy (non-hydrogen) atoms. The molecule has 0 spiro atoms.